The maximum Gasteiger partial charge on any atom is 0.155 e. The van der Waals surface area contributed by atoms with E-state index in [4.69, 9.17) is 0 Å². The minimum atomic E-state index is -0.268. The molecule has 3 fully saturated rings. The molecule has 0 aromatic heterocycles. The summed E-state index contributed by atoms with van der Waals surface area (Å²) in [5.41, 5.74) is 0.321. The van der Waals surface area contributed by atoms with Crippen LogP contribution in [0.5, 0.6) is 0 Å². The summed E-state index contributed by atoms with van der Waals surface area (Å²) in [6.07, 6.45) is 9.85. The van der Waals surface area contributed by atoms with Crippen LogP contribution in [0.15, 0.2) is 12.2 Å². The summed E-state index contributed by atoms with van der Waals surface area (Å²) in [5, 5.41) is 20.8. The van der Waals surface area contributed by atoms with Gasteiger partial charge >= 0.3 is 0 Å². The SMILES string of the molecule is C[C@H](CO)[C@H]1CCC2C3C(O)C[C@H]4CC(=O)C=C[C@]4(C)C3CC[C@@]21C. The number of carbonyl (C=O) groups is 1. The number of carbonyl (C=O) groups excluding carboxylic acids is 1. The largest absolute Gasteiger partial charge is 0.396 e. The second-order valence-corrected chi connectivity index (χ2v) is 10.0. The molecular formula is C22H34O3. The first-order valence-electron chi connectivity index (χ1n) is 10.3. The maximum atomic E-state index is 11.9. The summed E-state index contributed by atoms with van der Waals surface area (Å²) < 4.78 is 0. The van der Waals surface area contributed by atoms with E-state index in [1.54, 1.807) is 0 Å². The minimum Gasteiger partial charge on any atom is -0.396 e. The van der Waals surface area contributed by atoms with Gasteiger partial charge in [0, 0.05) is 13.0 Å². The molecule has 0 bridgehead atoms. The molecule has 4 aliphatic carbocycles. The van der Waals surface area contributed by atoms with Gasteiger partial charge in [0.2, 0.25) is 0 Å². The molecule has 0 saturated heterocycles. The zero-order valence-electron chi connectivity index (χ0n) is 15.9. The number of ketones is 1. The van der Waals surface area contributed by atoms with Gasteiger partial charge < -0.3 is 10.2 Å². The van der Waals surface area contributed by atoms with Crippen LogP contribution >= 0.6 is 0 Å². The molecule has 9 atom stereocenters. The van der Waals surface area contributed by atoms with Crippen molar-refractivity contribution in [1.82, 2.24) is 0 Å². The summed E-state index contributed by atoms with van der Waals surface area (Å²) >= 11 is 0. The van der Waals surface area contributed by atoms with Gasteiger partial charge in [-0.3, -0.25) is 4.79 Å². The number of aliphatic hydroxyl groups is 2. The fraction of sp³-hybridized carbons (Fsp3) is 0.864. The van der Waals surface area contributed by atoms with Crippen molar-refractivity contribution in [2.75, 3.05) is 6.61 Å². The van der Waals surface area contributed by atoms with E-state index in [9.17, 15) is 15.0 Å². The number of aliphatic hydroxyl groups excluding tert-OH is 2. The van der Waals surface area contributed by atoms with Crippen LogP contribution in [0.2, 0.25) is 0 Å². The molecule has 25 heavy (non-hydrogen) atoms. The zero-order valence-corrected chi connectivity index (χ0v) is 15.9. The topological polar surface area (TPSA) is 57.5 Å². The number of hydrogen-bond acceptors (Lipinski definition) is 3. The van der Waals surface area contributed by atoms with E-state index < -0.39 is 0 Å². The van der Waals surface area contributed by atoms with E-state index in [1.165, 1.54) is 19.3 Å². The molecule has 3 saturated carbocycles. The summed E-state index contributed by atoms with van der Waals surface area (Å²) in [6, 6.07) is 0. The van der Waals surface area contributed by atoms with Crippen LogP contribution in [0, 0.1) is 46.3 Å². The smallest absolute Gasteiger partial charge is 0.155 e. The number of allylic oxidation sites excluding steroid dienone is 2. The first kappa shape index (κ1) is 17.7. The highest BCUT2D eigenvalue weighted by Crippen LogP contribution is 2.67. The van der Waals surface area contributed by atoms with Gasteiger partial charge in [0.1, 0.15) is 0 Å². The number of rotatable bonds is 2. The maximum absolute atomic E-state index is 11.9. The molecule has 4 aliphatic rings. The monoisotopic (exact) mass is 346 g/mol. The van der Waals surface area contributed by atoms with Gasteiger partial charge in [-0.2, -0.15) is 0 Å². The first-order valence-corrected chi connectivity index (χ1v) is 10.3. The van der Waals surface area contributed by atoms with Crippen molar-refractivity contribution in [1.29, 1.82) is 0 Å². The van der Waals surface area contributed by atoms with Crippen molar-refractivity contribution in [3.63, 3.8) is 0 Å². The van der Waals surface area contributed by atoms with Crippen LogP contribution in [0.4, 0.5) is 0 Å². The molecule has 4 unspecified atom stereocenters. The zero-order chi connectivity index (χ0) is 18.0. The summed E-state index contributed by atoms with van der Waals surface area (Å²) in [5.74, 6) is 2.86. The van der Waals surface area contributed by atoms with E-state index in [0.29, 0.717) is 41.9 Å². The van der Waals surface area contributed by atoms with Crippen LogP contribution < -0.4 is 0 Å². The summed E-state index contributed by atoms with van der Waals surface area (Å²) in [4.78, 5) is 11.9. The second kappa shape index (κ2) is 5.92. The van der Waals surface area contributed by atoms with E-state index in [2.05, 4.69) is 26.8 Å². The third-order valence-corrected chi connectivity index (χ3v) is 9.11. The predicted molar refractivity (Wildman–Crippen MR) is 97.8 cm³/mol. The van der Waals surface area contributed by atoms with Gasteiger partial charge in [0.15, 0.2) is 5.78 Å². The normalized spacial score (nSPS) is 53.1. The fourth-order valence-electron chi connectivity index (χ4n) is 7.71. The molecule has 4 rings (SSSR count). The minimum absolute atomic E-state index is 0.0693. The molecule has 0 aromatic carbocycles. The van der Waals surface area contributed by atoms with Crippen molar-refractivity contribution in [3.05, 3.63) is 12.2 Å². The lowest BCUT2D eigenvalue weighted by molar-refractivity contribution is -0.147. The van der Waals surface area contributed by atoms with Gasteiger partial charge in [-0.05, 0) is 84.5 Å². The quantitative estimate of drug-likeness (QED) is 0.803. The van der Waals surface area contributed by atoms with Crippen LogP contribution in [-0.4, -0.2) is 28.7 Å². The van der Waals surface area contributed by atoms with E-state index in [0.717, 1.165) is 12.8 Å². The van der Waals surface area contributed by atoms with Crippen molar-refractivity contribution in [2.24, 2.45) is 46.3 Å². The number of hydrogen-bond donors (Lipinski definition) is 2. The van der Waals surface area contributed by atoms with E-state index in [-0.39, 0.29) is 29.3 Å². The third-order valence-electron chi connectivity index (χ3n) is 9.11. The molecular weight excluding hydrogens is 312 g/mol. The Morgan fingerprint density at radius 2 is 2.00 bits per heavy atom. The third kappa shape index (κ3) is 2.41. The van der Waals surface area contributed by atoms with Crippen molar-refractivity contribution < 1.29 is 15.0 Å². The van der Waals surface area contributed by atoms with Crippen molar-refractivity contribution in [2.45, 2.75) is 65.4 Å². The lowest BCUT2D eigenvalue weighted by atomic mass is 9.45. The highest BCUT2D eigenvalue weighted by atomic mass is 16.3. The summed E-state index contributed by atoms with van der Waals surface area (Å²) in [7, 11) is 0. The van der Waals surface area contributed by atoms with Gasteiger partial charge in [0.05, 0.1) is 6.10 Å². The summed E-state index contributed by atoms with van der Waals surface area (Å²) in [6.45, 7) is 7.23. The second-order valence-electron chi connectivity index (χ2n) is 10.0. The lowest BCUT2D eigenvalue weighted by Crippen LogP contribution is -2.57. The van der Waals surface area contributed by atoms with E-state index in [1.807, 2.05) is 6.08 Å². The average molecular weight is 347 g/mol. The van der Waals surface area contributed by atoms with Gasteiger partial charge in [-0.15, -0.1) is 0 Å². The molecule has 2 N–H and O–H groups in total. The molecule has 0 aliphatic heterocycles. The van der Waals surface area contributed by atoms with Crippen molar-refractivity contribution >= 4 is 5.78 Å². The Hall–Kier alpha value is -0.670. The van der Waals surface area contributed by atoms with Gasteiger partial charge in [-0.1, -0.05) is 26.8 Å². The molecule has 0 heterocycles. The predicted octanol–water partition coefficient (Wildman–Crippen LogP) is 3.59. The molecule has 0 spiro atoms. The lowest BCUT2D eigenvalue weighted by Gasteiger charge is -2.60. The molecule has 140 valence electrons. The highest BCUT2D eigenvalue weighted by molar-refractivity contribution is 5.91. The highest BCUT2D eigenvalue weighted by Gasteiger charge is 2.62. The Morgan fingerprint density at radius 1 is 1.24 bits per heavy atom. The molecule has 0 radical (unpaired) electrons. The molecule has 0 amide bonds. The fourth-order valence-corrected chi connectivity index (χ4v) is 7.71. The van der Waals surface area contributed by atoms with Crippen molar-refractivity contribution in [3.8, 4) is 0 Å². The Labute approximate surface area is 151 Å². The molecule has 3 nitrogen and oxygen atoms in total. The van der Waals surface area contributed by atoms with Crippen LogP contribution in [0.1, 0.15) is 59.3 Å². The Balaban J connectivity index is 1.68. The van der Waals surface area contributed by atoms with Gasteiger partial charge in [-0.25, -0.2) is 0 Å². The Bertz CT molecular complexity index is 584. The molecule has 3 heteroatoms. The standard InChI is InChI=1S/C22H34O3/c1-13(12-23)16-4-5-17-20-18(7-9-22(16,17)3)21(2)8-6-15(24)10-14(21)11-19(20)25/h6,8,13-14,16-20,23,25H,4-5,7,9-12H2,1-3H3/t13-,14-,16-,17?,18?,19?,20?,21+,22-/m1/s1. The first-order chi connectivity index (χ1) is 11.8. The molecule has 0 aromatic rings. The number of fused-ring (bicyclic) bond motifs is 5. The van der Waals surface area contributed by atoms with Gasteiger partial charge in [0.25, 0.3) is 0 Å². The Morgan fingerprint density at radius 3 is 2.72 bits per heavy atom. The van der Waals surface area contributed by atoms with Crippen LogP contribution in [0.25, 0.3) is 0 Å². The average Bonchev–Trinajstić information content (AvgIpc) is 2.93. The Kier molecular flexibility index (Phi) is 4.20. The van der Waals surface area contributed by atoms with Crippen LogP contribution in [-0.2, 0) is 4.79 Å². The van der Waals surface area contributed by atoms with E-state index >= 15 is 0 Å². The van der Waals surface area contributed by atoms with Crippen LogP contribution in [0.3, 0.4) is 0 Å².